The Morgan fingerprint density at radius 2 is 1.96 bits per heavy atom. The lowest BCUT2D eigenvalue weighted by Gasteiger charge is -2.23. The molecule has 0 saturated carbocycles. The summed E-state index contributed by atoms with van der Waals surface area (Å²) in [6.45, 7) is 7.68. The van der Waals surface area contributed by atoms with E-state index in [0.29, 0.717) is 12.2 Å². The molecule has 0 atom stereocenters. The van der Waals surface area contributed by atoms with Crippen LogP contribution in [0.4, 0.5) is 0 Å². The van der Waals surface area contributed by atoms with E-state index in [-0.39, 0.29) is 0 Å². The van der Waals surface area contributed by atoms with E-state index in [2.05, 4.69) is 4.99 Å². The lowest BCUT2D eigenvalue weighted by Crippen LogP contribution is -2.22. The molecule has 1 aliphatic rings. The number of pyridine rings is 1. The summed E-state index contributed by atoms with van der Waals surface area (Å²) < 4.78 is 0. The van der Waals surface area contributed by atoms with Crippen LogP contribution in [0.5, 0.6) is 0 Å². The number of nitrogens with two attached hydrogens (primary N) is 1. The van der Waals surface area contributed by atoms with Crippen molar-refractivity contribution in [1.29, 1.82) is 5.41 Å². The summed E-state index contributed by atoms with van der Waals surface area (Å²) in [6.07, 6.45) is 7.41. The van der Waals surface area contributed by atoms with Crippen LogP contribution in [-0.4, -0.2) is 34.7 Å². The standard InChI is InChI=1S/C23H30N4O/c1-14-9-10-20-21(18(14)11-24)16-7-5-6-8-17(16)22(27-20)19(15(2)25)12-26-13-23(3,4)28/h9-12,24,28H,5-8,13,25H2,1-4H3/b19-15+,24-11?,26-12?. The molecule has 0 saturated heterocycles. The third kappa shape index (κ3) is 3.99. The highest BCUT2D eigenvalue weighted by molar-refractivity contribution is 6.12. The minimum absolute atomic E-state index is 0.302. The van der Waals surface area contributed by atoms with Crippen LogP contribution >= 0.6 is 0 Å². The number of aliphatic hydroxyl groups is 1. The molecule has 5 nitrogen and oxygen atoms in total. The van der Waals surface area contributed by atoms with Crippen LogP contribution in [0, 0.1) is 12.3 Å². The van der Waals surface area contributed by atoms with Gasteiger partial charge in [0.05, 0.1) is 23.4 Å². The van der Waals surface area contributed by atoms with Crippen LogP contribution in [0.25, 0.3) is 16.5 Å². The van der Waals surface area contributed by atoms with Crippen molar-refractivity contribution in [3.8, 4) is 0 Å². The maximum absolute atomic E-state index is 9.96. The molecule has 0 radical (unpaired) electrons. The second kappa shape index (κ2) is 7.84. The molecule has 0 bridgehead atoms. The maximum atomic E-state index is 9.96. The fourth-order valence-electron chi connectivity index (χ4n) is 3.87. The van der Waals surface area contributed by atoms with Gasteiger partial charge >= 0.3 is 0 Å². The normalized spacial score (nSPS) is 15.6. The predicted octanol–water partition coefficient (Wildman–Crippen LogP) is 3.95. The molecule has 0 unspecified atom stereocenters. The Bertz CT molecular complexity index is 976. The Balaban J connectivity index is 2.25. The molecule has 2 aromatic rings. The summed E-state index contributed by atoms with van der Waals surface area (Å²) >= 11 is 0. The van der Waals surface area contributed by atoms with Gasteiger partial charge in [-0.05, 0) is 76.1 Å². The quantitative estimate of drug-likeness (QED) is 0.687. The molecule has 3 rings (SSSR count). The Kier molecular flexibility index (Phi) is 5.66. The zero-order valence-corrected chi connectivity index (χ0v) is 17.3. The molecule has 0 spiro atoms. The second-order valence-electron chi connectivity index (χ2n) is 8.34. The zero-order valence-electron chi connectivity index (χ0n) is 17.3. The van der Waals surface area contributed by atoms with Gasteiger partial charge in [-0.2, -0.15) is 0 Å². The first-order valence-corrected chi connectivity index (χ1v) is 9.87. The highest BCUT2D eigenvalue weighted by Crippen LogP contribution is 2.35. The summed E-state index contributed by atoms with van der Waals surface area (Å²) in [5.74, 6) is 0. The molecule has 4 N–H and O–H groups in total. The Morgan fingerprint density at radius 1 is 1.29 bits per heavy atom. The summed E-state index contributed by atoms with van der Waals surface area (Å²) in [5.41, 5.74) is 13.2. The molecule has 0 amide bonds. The number of nitrogens with one attached hydrogen (secondary N) is 1. The molecule has 0 fully saturated rings. The first-order chi connectivity index (χ1) is 13.2. The summed E-state index contributed by atoms with van der Waals surface area (Å²) in [4.78, 5) is 9.41. The van der Waals surface area contributed by atoms with Gasteiger partial charge in [-0.1, -0.05) is 6.07 Å². The van der Waals surface area contributed by atoms with Gasteiger partial charge in [-0.25, -0.2) is 4.98 Å². The third-order valence-corrected chi connectivity index (χ3v) is 5.25. The van der Waals surface area contributed by atoms with Gasteiger partial charge in [0.2, 0.25) is 0 Å². The topological polar surface area (TPSA) is 95.3 Å². The molecule has 1 heterocycles. The molecule has 1 aliphatic carbocycles. The van der Waals surface area contributed by atoms with Crippen molar-refractivity contribution in [2.24, 2.45) is 10.7 Å². The smallest absolute Gasteiger partial charge is 0.0786 e. The monoisotopic (exact) mass is 378 g/mol. The molecule has 1 aromatic carbocycles. The van der Waals surface area contributed by atoms with Crippen LogP contribution in [0.2, 0.25) is 0 Å². The molecule has 1 aromatic heterocycles. The van der Waals surface area contributed by atoms with Gasteiger partial charge in [-0.15, -0.1) is 0 Å². The van der Waals surface area contributed by atoms with Gasteiger partial charge in [0.25, 0.3) is 0 Å². The molecule has 0 aliphatic heterocycles. The maximum Gasteiger partial charge on any atom is 0.0786 e. The van der Waals surface area contributed by atoms with Crippen molar-refractivity contribution in [3.63, 3.8) is 0 Å². The number of fused-ring (bicyclic) bond motifs is 3. The van der Waals surface area contributed by atoms with Gasteiger partial charge < -0.3 is 16.2 Å². The Hall–Kier alpha value is -2.53. The SMILES string of the molecule is C/C(N)=C(/C=NCC(C)(C)O)c1nc2ccc(C)c(C=N)c2c2c1CCCC2. The van der Waals surface area contributed by atoms with E-state index >= 15 is 0 Å². The highest BCUT2D eigenvalue weighted by Gasteiger charge is 2.22. The number of benzene rings is 1. The predicted molar refractivity (Wildman–Crippen MR) is 117 cm³/mol. The first kappa shape index (κ1) is 20.2. The number of aromatic nitrogens is 1. The van der Waals surface area contributed by atoms with Crippen molar-refractivity contribution in [3.05, 3.63) is 45.8 Å². The van der Waals surface area contributed by atoms with Crippen molar-refractivity contribution < 1.29 is 5.11 Å². The number of rotatable bonds is 5. The second-order valence-corrected chi connectivity index (χ2v) is 8.34. The average molecular weight is 379 g/mol. The lowest BCUT2D eigenvalue weighted by molar-refractivity contribution is 0.0906. The lowest BCUT2D eigenvalue weighted by atomic mass is 9.84. The molecule has 148 valence electrons. The Morgan fingerprint density at radius 3 is 2.57 bits per heavy atom. The number of nitrogens with zero attached hydrogens (tertiary/aromatic N) is 2. The fourth-order valence-corrected chi connectivity index (χ4v) is 3.87. The Labute approximate surface area is 166 Å². The van der Waals surface area contributed by atoms with Crippen molar-refractivity contribution >= 4 is 28.9 Å². The molecular formula is C23H30N4O. The van der Waals surface area contributed by atoms with Gasteiger partial charge in [0.1, 0.15) is 0 Å². The van der Waals surface area contributed by atoms with Gasteiger partial charge in [0, 0.05) is 34.6 Å². The van der Waals surface area contributed by atoms with E-state index in [9.17, 15) is 5.11 Å². The van der Waals surface area contributed by atoms with E-state index in [1.807, 2.05) is 26.0 Å². The third-order valence-electron chi connectivity index (χ3n) is 5.25. The minimum atomic E-state index is -0.864. The number of hydrogen-bond acceptors (Lipinski definition) is 5. The van der Waals surface area contributed by atoms with Crippen LogP contribution in [0.3, 0.4) is 0 Å². The van der Waals surface area contributed by atoms with Crippen LogP contribution in [-0.2, 0) is 12.8 Å². The largest absolute Gasteiger partial charge is 0.402 e. The van der Waals surface area contributed by atoms with Gasteiger partial charge in [-0.3, -0.25) is 4.99 Å². The fraction of sp³-hybridized carbons (Fsp3) is 0.435. The summed E-state index contributed by atoms with van der Waals surface area (Å²) in [6, 6.07) is 4.06. The van der Waals surface area contributed by atoms with Crippen LogP contribution in [0.1, 0.15) is 61.6 Å². The van der Waals surface area contributed by atoms with E-state index in [0.717, 1.165) is 59.0 Å². The zero-order chi connectivity index (χ0) is 20.5. The number of aliphatic imine (C=N–C) groups is 1. The number of hydrogen-bond donors (Lipinski definition) is 3. The van der Waals surface area contributed by atoms with Crippen LogP contribution in [0.15, 0.2) is 22.8 Å². The van der Waals surface area contributed by atoms with Crippen LogP contribution < -0.4 is 5.73 Å². The number of aryl methyl sites for hydroxylation is 2. The van der Waals surface area contributed by atoms with E-state index in [1.165, 1.54) is 17.3 Å². The first-order valence-electron chi connectivity index (χ1n) is 9.87. The minimum Gasteiger partial charge on any atom is -0.402 e. The average Bonchev–Trinajstić information content (AvgIpc) is 2.64. The highest BCUT2D eigenvalue weighted by atomic mass is 16.3. The van der Waals surface area contributed by atoms with Crippen molar-refractivity contribution in [2.45, 2.75) is 59.0 Å². The molecule has 28 heavy (non-hydrogen) atoms. The van der Waals surface area contributed by atoms with E-state index in [1.54, 1.807) is 20.1 Å². The number of allylic oxidation sites excluding steroid dienone is 2. The summed E-state index contributed by atoms with van der Waals surface area (Å²) in [5, 5.41) is 19.0. The molecular weight excluding hydrogens is 348 g/mol. The van der Waals surface area contributed by atoms with Crippen molar-refractivity contribution in [1.82, 2.24) is 4.98 Å². The van der Waals surface area contributed by atoms with Crippen molar-refractivity contribution in [2.75, 3.05) is 6.54 Å². The van der Waals surface area contributed by atoms with E-state index < -0.39 is 5.60 Å². The summed E-state index contributed by atoms with van der Waals surface area (Å²) in [7, 11) is 0. The molecule has 5 heteroatoms. The van der Waals surface area contributed by atoms with Gasteiger partial charge in [0.15, 0.2) is 0 Å². The van der Waals surface area contributed by atoms with E-state index in [4.69, 9.17) is 16.1 Å².